The van der Waals surface area contributed by atoms with E-state index in [2.05, 4.69) is 21.2 Å². The number of carbonyl (C=O) groups is 2. The molecule has 20 heavy (non-hydrogen) atoms. The van der Waals surface area contributed by atoms with Crippen molar-refractivity contribution in [1.82, 2.24) is 4.90 Å². The van der Waals surface area contributed by atoms with Crippen LogP contribution in [0.25, 0.3) is 0 Å². The molecule has 0 heterocycles. The molecule has 0 aliphatic heterocycles. The van der Waals surface area contributed by atoms with Gasteiger partial charge >= 0.3 is 12.0 Å². The zero-order valence-electron chi connectivity index (χ0n) is 11.2. The molecular formula is C14H17BrN2O3. The molecule has 0 aromatic heterocycles. The first-order valence-electron chi connectivity index (χ1n) is 6.52. The number of hydrogen-bond acceptors (Lipinski definition) is 2. The van der Waals surface area contributed by atoms with Crippen LogP contribution in [-0.4, -0.2) is 35.6 Å². The van der Waals surface area contributed by atoms with Crippen LogP contribution in [-0.2, 0) is 0 Å². The molecule has 1 aromatic rings. The molecule has 2 amide bonds. The monoisotopic (exact) mass is 340 g/mol. The van der Waals surface area contributed by atoms with Crippen LogP contribution in [0.2, 0.25) is 0 Å². The van der Waals surface area contributed by atoms with Gasteiger partial charge in [0.1, 0.15) is 0 Å². The average molecular weight is 341 g/mol. The summed E-state index contributed by atoms with van der Waals surface area (Å²) in [6.07, 6.45) is 3.60. The molecule has 2 N–H and O–H groups in total. The lowest BCUT2D eigenvalue weighted by Gasteiger charge is -2.30. The molecule has 1 aliphatic carbocycles. The zero-order valence-corrected chi connectivity index (χ0v) is 12.8. The molecule has 1 saturated carbocycles. The quantitative estimate of drug-likeness (QED) is 0.882. The molecule has 2 rings (SSSR count). The van der Waals surface area contributed by atoms with Crippen LogP contribution in [0.15, 0.2) is 22.7 Å². The van der Waals surface area contributed by atoms with E-state index in [1.165, 1.54) is 25.3 Å². The summed E-state index contributed by atoms with van der Waals surface area (Å²) >= 11 is 3.17. The number of nitrogens with zero attached hydrogens (tertiary/aromatic N) is 1. The highest BCUT2D eigenvalue weighted by molar-refractivity contribution is 9.10. The summed E-state index contributed by atoms with van der Waals surface area (Å²) < 4.78 is 0.492. The molecule has 6 heteroatoms. The van der Waals surface area contributed by atoms with Crippen molar-refractivity contribution in [2.75, 3.05) is 18.9 Å². The minimum absolute atomic E-state index is 0.129. The van der Waals surface area contributed by atoms with Crippen molar-refractivity contribution >= 4 is 33.6 Å². The van der Waals surface area contributed by atoms with Crippen molar-refractivity contribution in [3.8, 4) is 0 Å². The van der Waals surface area contributed by atoms with Gasteiger partial charge < -0.3 is 15.3 Å². The number of carboxylic acid groups (broad SMARTS) is 1. The predicted octanol–water partition coefficient (Wildman–Crippen LogP) is 3.41. The number of halogens is 1. The molecule has 5 nitrogen and oxygen atoms in total. The summed E-state index contributed by atoms with van der Waals surface area (Å²) in [5, 5.41) is 11.8. The first-order chi connectivity index (χ1) is 9.47. The number of anilines is 1. The molecule has 0 saturated heterocycles. The summed E-state index contributed by atoms with van der Waals surface area (Å²) in [6.45, 7) is 0.744. The fraction of sp³-hybridized carbons (Fsp3) is 0.429. The van der Waals surface area contributed by atoms with Crippen LogP contribution in [0.1, 0.15) is 29.6 Å². The molecule has 108 valence electrons. The van der Waals surface area contributed by atoms with Crippen molar-refractivity contribution in [2.24, 2.45) is 5.92 Å². The third-order valence-electron chi connectivity index (χ3n) is 3.55. The van der Waals surface area contributed by atoms with Gasteiger partial charge in [-0.15, -0.1) is 0 Å². The Morgan fingerprint density at radius 3 is 2.70 bits per heavy atom. The Balaban J connectivity index is 1.99. The van der Waals surface area contributed by atoms with Gasteiger partial charge in [-0.1, -0.05) is 6.42 Å². The van der Waals surface area contributed by atoms with Gasteiger partial charge in [0, 0.05) is 23.8 Å². The Kier molecular flexibility index (Phi) is 4.65. The molecule has 1 fully saturated rings. The van der Waals surface area contributed by atoms with Crippen molar-refractivity contribution in [1.29, 1.82) is 0 Å². The van der Waals surface area contributed by atoms with Gasteiger partial charge in [-0.25, -0.2) is 9.59 Å². The Morgan fingerprint density at radius 2 is 2.15 bits per heavy atom. The molecule has 1 aromatic carbocycles. The van der Waals surface area contributed by atoms with E-state index in [0.29, 0.717) is 16.1 Å². The Labute approximate surface area is 126 Å². The third-order valence-corrected chi connectivity index (χ3v) is 4.24. The van der Waals surface area contributed by atoms with Crippen LogP contribution in [0.3, 0.4) is 0 Å². The Morgan fingerprint density at radius 1 is 1.45 bits per heavy atom. The minimum Gasteiger partial charge on any atom is -0.478 e. The molecule has 0 radical (unpaired) electrons. The largest absolute Gasteiger partial charge is 0.478 e. The average Bonchev–Trinajstić information content (AvgIpc) is 2.35. The van der Waals surface area contributed by atoms with Gasteiger partial charge in [-0.3, -0.25) is 0 Å². The van der Waals surface area contributed by atoms with E-state index < -0.39 is 5.97 Å². The topological polar surface area (TPSA) is 69.6 Å². The number of urea groups is 1. The molecule has 1 aliphatic rings. The van der Waals surface area contributed by atoms with Gasteiger partial charge in [0.05, 0.1) is 5.56 Å². The number of benzene rings is 1. The van der Waals surface area contributed by atoms with E-state index in [4.69, 9.17) is 5.11 Å². The van der Waals surface area contributed by atoms with Crippen molar-refractivity contribution in [3.05, 3.63) is 28.2 Å². The summed E-state index contributed by atoms with van der Waals surface area (Å²) in [6, 6.07) is 4.52. The number of carbonyl (C=O) groups excluding carboxylic acids is 1. The van der Waals surface area contributed by atoms with Crippen LogP contribution in [0, 0.1) is 5.92 Å². The Hall–Kier alpha value is -1.56. The summed E-state index contributed by atoms with van der Waals surface area (Å²) in [5.74, 6) is -0.430. The van der Waals surface area contributed by atoms with Crippen LogP contribution >= 0.6 is 15.9 Å². The lowest BCUT2D eigenvalue weighted by Crippen LogP contribution is -2.37. The lowest BCUT2D eigenvalue weighted by atomic mass is 9.85. The van der Waals surface area contributed by atoms with Gasteiger partial charge in [0.2, 0.25) is 0 Å². The number of rotatable bonds is 4. The number of hydrogen-bond donors (Lipinski definition) is 2. The maximum atomic E-state index is 12.0. The molecule has 0 bridgehead atoms. The van der Waals surface area contributed by atoms with E-state index in [0.717, 1.165) is 6.54 Å². The van der Waals surface area contributed by atoms with E-state index >= 15 is 0 Å². The Bertz CT molecular complexity index is 529. The molecule has 0 spiro atoms. The second kappa shape index (κ2) is 6.26. The standard InChI is InChI=1S/C14H17BrN2O3/c1-17(8-9-3-2-4-9)14(20)16-10-5-6-12(15)11(7-10)13(18)19/h5-7,9H,2-4,8H2,1H3,(H,16,20)(H,18,19). The summed E-state index contributed by atoms with van der Waals surface area (Å²) in [7, 11) is 1.75. The van der Waals surface area contributed by atoms with E-state index in [1.807, 2.05) is 0 Å². The van der Waals surface area contributed by atoms with Crippen LogP contribution < -0.4 is 5.32 Å². The molecule has 0 atom stereocenters. The predicted molar refractivity (Wildman–Crippen MR) is 80.1 cm³/mol. The fourth-order valence-corrected chi connectivity index (χ4v) is 2.55. The van der Waals surface area contributed by atoms with Crippen molar-refractivity contribution in [2.45, 2.75) is 19.3 Å². The number of carboxylic acids is 1. The molecular weight excluding hydrogens is 324 g/mol. The number of aromatic carboxylic acids is 1. The van der Waals surface area contributed by atoms with Crippen LogP contribution in [0.4, 0.5) is 10.5 Å². The van der Waals surface area contributed by atoms with Crippen molar-refractivity contribution < 1.29 is 14.7 Å². The first-order valence-corrected chi connectivity index (χ1v) is 7.31. The smallest absolute Gasteiger partial charge is 0.336 e. The highest BCUT2D eigenvalue weighted by Crippen LogP contribution is 2.27. The maximum absolute atomic E-state index is 12.0. The van der Waals surface area contributed by atoms with Crippen LogP contribution in [0.5, 0.6) is 0 Å². The van der Waals surface area contributed by atoms with E-state index in [1.54, 1.807) is 24.1 Å². The number of nitrogens with one attached hydrogen (secondary N) is 1. The zero-order chi connectivity index (χ0) is 14.7. The lowest BCUT2D eigenvalue weighted by molar-refractivity contribution is 0.0696. The van der Waals surface area contributed by atoms with Gasteiger partial charge in [0.25, 0.3) is 0 Å². The SMILES string of the molecule is CN(CC1CCC1)C(=O)Nc1ccc(Br)c(C(=O)O)c1. The molecule has 0 unspecified atom stereocenters. The normalized spacial score (nSPS) is 14.5. The van der Waals surface area contributed by atoms with Crippen molar-refractivity contribution in [3.63, 3.8) is 0 Å². The highest BCUT2D eigenvalue weighted by atomic mass is 79.9. The number of amides is 2. The van der Waals surface area contributed by atoms with Gasteiger partial charge in [0.15, 0.2) is 0 Å². The summed E-state index contributed by atoms with van der Waals surface area (Å²) in [5.41, 5.74) is 0.612. The first kappa shape index (κ1) is 14.8. The summed E-state index contributed by atoms with van der Waals surface area (Å²) in [4.78, 5) is 24.7. The van der Waals surface area contributed by atoms with E-state index in [-0.39, 0.29) is 11.6 Å². The fourth-order valence-electron chi connectivity index (χ4n) is 2.13. The van der Waals surface area contributed by atoms with Gasteiger partial charge in [-0.05, 0) is 52.9 Å². The van der Waals surface area contributed by atoms with Gasteiger partial charge in [-0.2, -0.15) is 0 Å². The maximum Gasteiger partial charge on any atom is 0.336 e. The second-order valence-electron chi connectivity index (χ2n) is 5.11. The van der Waals surface area contributed by atoms with E-state index in [9.17, 15) is 9.59 Å². The minimum atomic E-state index is -1.03. The highest BCUT2D eigenvalue weighted by Gasteiger charge is 2.21. The third kappa shape index (κ3) is 3.50. The second-order valence-corrected chi connectivity index (χ2v) is 5.96.